The van der Waals surface area contributed by atoms with Gasteiger partial charge in [0.2, 0.25) is 0 Å². The Morgan fingerprint density at radius 3 is 2.07 bits per heavy atom. The van der Waals surface area contributed by atoms with Crippen molar-refractivity contribution in [3.8, 4) is 0 Å². The Kier molecular flexibility index (Phi) is 1.20. The molecular formula is C11H20ClNO. The zero-order valence-electron chi connectivity index (χ0n) is 15.8. The van der Waals surface area contributed by atoms with Crippen molar-refractivity contribution in [1.82, 2.24) is 0 Å². The van der Waals surface area contributed by atoms with E-state index >= 15 is 0 Å². The van der Waals surface area contributed by atoms with Crippen LogP contribution in [0.4, 0.5) is 0 Å². The highest BCUT2D eigenvalue weighted by Gasteiger charge is 2.54. The van der Waals surface area contributed by atoms with Gasteiger partial charge in [0.1, 0.15) is 0 Å². The van der Waals surface area contributed by atoms with E-state index in [-0.39, 0.29) is 25.2 Å². The lowest BCUT2D eigenvalue weighted by molar-refractivity contribution is -0.956. The van der Waals surface area contributed by atoms with Gasteiger partial charge in [-0.1, -0.05) is 0 Å². The quantitative estimate of drug-likeness (QED) is 0.487. The molecule has 3 fully saturated rings. The van der Waals surface area contributed by atoms with E-state index in [1.54, 1.807) is 0 Å². The predicted octanol–water partition coefficient (Wildman–Crippen LogP) is -1.71. The number of aliphatic hydroxyl groups excluding tert-OH is 1. The van der Waals surface area contributed by atoms with Crippen molar-refractivity contribution in [1.29, 1.82) is 0 Å². The Morgan fingerprint density at radius 1 is 1.07 bits per heavy atom. The Balaban J connectivity index is 0.00000176. The van der Waals surface area contributed by atoms with E-state index in [0.29, 0.717) is 12.8 Å². The zero-order valence-corrected chi connectivity index (χ0v) is 8.59. The van der Waals surface area contributed by atoms with Gasteiger partial charge in [0.25, 0.3) is 0 Å². The number of quaternary nitrogens is 1. The van der Waals surface area contributed by atoms with Gasteiger partial charge in [-0.15, -0.1) is 0 Å². The smallest absolute Gasteiger partial charge is 0.0924 e. The molecule has 0 aliphatic carbocycles. The Labute approximate surface area is 104 Å². The van der Waals surface area contributed by atoms with Gasteiger partial charge in [0.15, 0.2) is 0 Å². The largest absolute Gasteiger partial charge is 1.00 e. The summed E-state index contributed by atoms with van der Waals surface area (Å²) < 4.78 is 64.3. The summed E-state index contributed by atoms with van der Waals surface area (Å²) in [6.07, 6.45) is -5.14. The van der Waals surface area contributed by atoms with Crippen LogP contribution in [0.1, 0.15) is 49.4 Å². The molecule has 3 heteroatoms. The van der Waals surface area contributed by atoms with E-state index in [9.17, 15) is 5.11 Å². The minimum absolute atomic E-state index is 0. The van der Waals surface area contributed by atoms with Crippen molar-refractivity contribution >= 4 is 0 Å². The molecule has 0 aromatic rings. The number of rotatable bonds is 0. The molecule has 3 saturated heterocycles. The molecule has 0 radical (unpaired) electrons. The van der Waals surface area contributed by atoms with Crippen molar-refractivity contribution in [2.75, 3.05) is 13.0 Å². The topological polar surface area (TPSA) is 20.2 Å². The van der Waals surface area contributed by atoms with Crippen LogP contribution in [0.3, 0.4) is 0 Å². The molecule has 3 heterocycles. The van der Waals surface area contributed by atoms with Crippen LogP contribution in [0.15, 0.2) is 0 Å². The second-order valence-electron chi connectivity index (χ2n) is 4.26. The molecule has 0 unspecified atom stereocenters. The van der Waals surface area contributed by atoms with Gasteiger partial charge in [-0.25, -0.2) is 0 Å². The maximum absolute atomic E-state index is 9.89. The molecule has 3 aliphatic rings. The van der Waals surface area contributed by atoms with Gasteiger partial charge >= 0.3 is 0 Å². The maximum atomic E-state index is 9.89. The minimum atomic E-state index is -2.94. The number of aliphatic hydroxyl groups is 1. The van der Waals surface area contributed by atoms with E-state index in [0.717, 1.165) is 0 Å². The molecule has 1 N–H and O–H groups in total. The van der Waals surface area contributed by atoms with E-state index in [2.05, 4.69) is 0 Å². The Hall–Kier alpha value is 0.210. The van der Waals surface area contributed by atoms with Crippen LogP contribution < -0.4 is 12.4 Å². The molecule has 82 valence electrons. The monoisotopic (exact) mass is 225 g/mol. The number of nitrogens with zero attached hydrogens (tertiary/aromatic N) is 1. The fourth-order valence-electron chi connectivity index (χ4n) is 3.02. The van der Waals surface area contributed by atoms with Crippen molar-refractivity contribution in [2.24, 2.45) is 0 Å². The van der Waals surface area contributed by atoms with E-state index < -0.39 is 48.4 Å². The van der Waals surface area contributed by atoms with Crippen LogP contribution in [0.2, 0.25) is 0 Å². The maximum Gasteiger partial charge on any atom is 0.0924 e. The summed E-state index contributed by atoms with van der Waals surface area (Å²) in [6, 6.07) is -1.17. The van der Waals surface area contributed by atoms with Crippen LogP contribution >= 0.6 is 0 Å². The molecule has 0 saturated carbocycles. The van der Waals surface area contributed by atoms with Crippen LogP contribution in [0.5, 0.6) is 0 Å². The fraction of sp³-hybridized carbons (Fsp3) is 1.00. The molecule has 2 bridgehead atoms. The minimum Gasteiger partial charge on any atom is -1.00 e. The summed E-state index contributed by atoms with van der Waals surface area (Å²) in [5.74, 6) is 0. The molecule has 0 aromatic carbocycles. The van der Waals surface area contributed by atoms with Crippen LogP contribution in [0, 0.1) is 0 Å². The summed E-state index contributed by atoms with van der Waals surface area (Å²) in [5.41, 5.74) is 0. The summed E-state index contributed by atoms with van der Waals surface area (Å²) >= 11 is 0. The van der Waals surface area contributed by atoms with Crippen LogP contribution in [0.25, 0.3) is 0 Å². The standard InChI is InChI=1S/C11H20NO.ClH/c13-11-7-9-3-4-10(8-11)12(9)5-1-2-6-12;/h9-11,13H,1-8H2;1H/q+1;/p-1/t9-,10-;/m0./s1/i1D2,2D2,5D2,6D2;. The second kappa shape index (κ2) is 3.66. The van der Waals surface area contributed by atoms with Gasteiger partial charge in [-0.2, -0.15) is 0 Å². The first-order valence-corrected chi connectivity index (χ1v) is 4.92. The number of halogens is 1. The summed E-state index contributed by atoms with van der Waals surface area (Å²) in [7, 11) is 0. The Bertz CT molecular complexity index is 443. The molecule has 14 heavy (non-hydrogen) atoms. The lowest BCUT2D eigenvalue weighted by atomic mass is 9.97. The highest BCUT2D eigenvalue weighted by molar-refractivity contribution is 4.87. The summed E-state index contributed by atoms with van der Waals surface area (Å²) in [6.45, 7) is -5.35. The zero-order chi connectivity index (χ0) is 16.1. The van der Waals surface area contributed by atoms with Crippen LogP contribution in [-0.4, -0.2) is 40.8 Å². The average Bonchev–Trinajstić information content (AvgIpc) is 2.59. The van der Waals surface area contributed by atoms with Gasteiger partial charge < -0.3 is 22.0 Å². The highest BCUT2D eigenvalue weighted by atomic mass is 35.5. The summed E-state index contributed by atoms with van der Waals surface area (Å²) in [4.78, 5) is 0. The van der Waals surface area contributed by atoms with Gasteiger partial charge in [-0.3, -0.25) is 0 Å². The third kappa shape index (κ3) is 1.31. The second-order valence-corrected chi connectivity index (χ2v) is 4.26. The first-order chi connectivity index (χ1) is 9.35. The third-order valence-corrected chi connectivity index (χ3v) is 3.62. The molecule has 0 aromatic heterocycles. The van der Waals surface area contributed by atoms with Gasteiger partial charge in [0.05, 0.1) is 36.7 Å². The van der Waals surface area contributed by atoms with Gasteiger partial charge in [-0.05, 0) is 0 Å². The first kappa shape index (κ1) is 4.60. The lowest BCUT2D eigenvalue weighted by Gasteiger charge is -2.46. The van der Waals surface area contributed by atoms with E-state index in [1.165, 1.54) is 0 Å². The van der Waals surface area contributed by atoms with E-state index in [1.807, 2.05) is 0 Å². The SMILES string of the molecule is [2H]C1([2H])C([2H])([2H])C([2H])([2H])[N+]2([C@H]3CC[C@H]2CC(O)C3)C1([2H])[2H].[Cl-]. The van der Waals surface area contributed by atoms with Crippen molar-refractivity contribution < 1.29 is 33.0 Å². The van der Waals surface area contributed by atoms with E-state index in [4.69, 9.17) is 11.0 Å². The Morgan fingerprint density at radius 2 is 1.57 bits per heavy atom. The molecule has 2 nitrogen and oxygen atoms in total. The number of hydrogen-bond donors (Lipinski definition) is 1. The van der Waals surface area contributed by atoms with Crippen molar-refractivity contribution in [3.63, 3.8) is 0 Å². The normalized spacial score (nSPS) is 66.8. The molecule has 0 amide bonds. The third-order valence-electron chi connectivity index (χ3n) is 3.62. The van der Waals surface area contributed by atoms with Gasteiger partial charge in [0, 0.05) is 43.9 Å². The highest BCUT2D eigenvalue weighted by Crippen LogP contribution is 2.45. The molecule has 1 spiro atoms. The fourth-order valence-corrected chi connectivity index (χ4v) is 3.02. The lowest BCUT2D eigenvalue weighted by Crippen LogP contribution is -3.00. The molecule has 3 rings (SSSR count). The summed E-state index contributed by atoms with van der Waals surface area (Å²) in [5, 5.41) is 9.89. The molecular weight excluding hydrogens is 198 g/mol. The predicted molar refractivity (Wildman–Crippen MR) is 51.3 cm³/mol. The van der Waals surface area contributed by atoms with Crippen LogP contribution in [-0.2, 0) is 0 Å². The molecule has 3 aliphatic heterocycles. The average molecular weight is 226 g/mol. The van der Waals surface area contributed by atoms with Crippen molar-refractivity contribution in [3.05, 3.63) is 0 Å². The number of hydrogen-bond acceptors (Lipinski definition) is 1. The number of piperidine rings is 1. The first-order valence-electron chi connectivity index (χ1n) is 8.92. The van der Waals surface area contributed by atoms with Crippen molar-refractivity contribution in [2.45, 2.75) is 56.6 Å². The molecule has 2 atom stereocenters.